The molecule has 2 aliphatic rings. The van der Waals surface area contributed by atoms with Crippen LogP contribution in [-0.4, -0.2) is 35.1 Å². The van der Waals surface area contributed by atoms with Gasteiger partial charge in [-0.05, 0) is 67.3 Å². The molecule has 1 aliphatic carbocycles. The van der Waals surface area contributed by atoms with Crippen LogP contribution < -0.4 is 10.1 Å². The molecule has 7 heteroatoms. The molecule has 0 radical (unpaired) electrons. The van der Waals surface area contributed by atoms with Gasteiger partial charge < -0.3 is 20.1 Å². The highest BCUT2D eigenvalue weighted by Crippen LogP contribution is 2.48. The maximum Gasteiger partial charge on any atom is 0.321 e. The van der Waals surface area contributed by atoms with Crippen molar-refractivity contribution in [3.05, 3.63) is 54.1 Å². The Kier molecular flexibility index (Phi) is 4.85. The Labute approximate surface area is 168 Å². The Hall–Kier alpha value is -3.53. The van der Waals surface area contributed by atoms with Gasteiger partial charge >= 0.3 is 12.0 Å². The number of ether oxygens (including phenoxy) is 1. The minimum absolute atomic E-state index is 0.0361. The van der Waals surface area contributed by atoms with Crippen LogP contribution in [0.5, 0.6) is 11.5 Å². The lowest BCUT2D eigenvalue weighted by Gasteiger charge is -2.23. The molecule has 0 unspecified atom stereocenters. The van der Waals surface area contributed by atoms with Crippen molar-refractivity contribution in [1.29, 1.82) is 5.26 Å². The standard InChI is InChI=1S/C22H21N3O4/c23-12-15-3-7-18(8-4-15)29-19-9-5-17(6-10-19)24-21(28)25-13-16-2-1-11-22(16,14-25)20(26)27/h3-10,16H,1-2,11,13-14H2,(H,24,28)(H,26,27)/t16-,22+/m0/s1. The van der Waals surface area contributed by atoms with Gasteiger partial charge in [0.25, 0.3) is 0 Å². The van der Waals surface area contributed by atoms with Crippen LogP contribution in [-0.2, 0) is 4.79 Å². The van der Waals surface area contributed by atoms with Crippen LogP contribution in [0, 0.1) is 22.7 Å². The van der Waals surface area contributed by atoms with Gasteiger partial charge in [-0.2, -0.15) is 5.26 Å². The van der Waals surface area contributed by atoms with Crippen molar-refractivity contribution in [2.24, 2.45) is 11.3 Å². The van der Waals surface area contributed by atoms with Gasteiger partial charge in [0, 0.05) is 18.8 Å². The van der Waals surface area contributed by atoms with Crippen molar-refractivity contribution in [3.63, 3.8) is 0 Å². The quantitative estimate of drug-likeness (QED) is 0.818. The first-order valence-electron chi connectivity index (χ1n) is 9.57. The van der Waals surface area contributed by atoms with Gasteiger partial charge in [-0.1, -0.05) is 6.42 Å². The molecule has 1 saturated carbocycles. The number of likely N-dealkylation sites (tertiary alicyclic amines) is 1. The van der Waals surface area contributed by atoms with Gasteiger partial charge in [-0.15, -0.1) is 0 Å². The summed E-state index contributed by atoms with van der Waals surface area (Å²) >= 11 is 0. The minimum atomic E-state index is -0.792. The van der Waals surface area contributed by atoms with E-state index >= 15 is 0 Å². The Morgan fingerprint density at radius 3 is 2.38 bits per heavy atom. The summed E-state index contributed by atoms with van der Waals surface area (Å²) in [4.78, 5) is 26.0. The number of aliphatic carboxylic acids is 1. The number of amides is 2. The Morgan fingerprint density at radius 2 is 1.79 bits per heavy atom. The molecule has 0 bridgehead atoms. The third-order valence-corrected chi connectivity index (χ3v) is 5.91. The lowest BCUT2D eigenvalue weighted by Crippen LogP contribution is -2.38. The van der Waals surface area contributed by atoms with Crippen LogP contribution >= 0.6 is 0 Å². The van der Waals surface area contributed by atoms with E-state index in [0.717, 1.165) is 12.8 Å². The second kappa shape index (κ2) is 7.47. The number of rotatable bonds is 4. The monoisotopic (exact) mass is 391 g/mol. The lowest BCUT2D eigenvalue weighted by molar-refractivity contribution is -0.149. The number of carbonyl (C=O) groups excluding carboxylic acids is 1. The maximum absolute atomic E-state index is 12.6. The minimum Gasteiger partial charge on any atom is -0.481 e. The van der Waals surface area contributed by atoms with Gasteiger partial charge in [-0.25, -0.2) is 4.79 Å². The second-order valence-electron chi connectivity index (χ2n) is 7.62. The summed E-state index contributed by atoms with van der Waals surface area (Å²) in [5, 5.41) is 21.3. The molecule has 2 atom stereocenters. The first-order valence-corrected chi connectivity index (χ1v) is 9.57. The van der Waals surface area contributed by atoms with E-state index in [1.165, 1.54) is 0 Å². The number of nitrogens with one attached hydrogen (secondary N) is 1. The average molecular weight is 391 g/mol. The van der Waals surface area contributed by atoms with E-state index in [1.807, 2.05) is 0 Å². The molecule has 29 heavy (non-hydrogen) atoms. The zero-order chi connectivity index (χ0) is 20.4. The molecule has 2 aromatic carbocycles. The zero-order valence-corrected chi connectivity index (χ0v) is 15.8. The Bertz CT molecular complexity index is 965. The number of carboxylic acid groups (broad SMARTS) is 1. The molecule has 2 fully saturated rings. The number of nitriles is 1. The highest BCUT2D eigenvalue weighted by molar-refractivity contribution is 5.90. The molecule has 2 aromatic rings. The van der Waals surface area contributed by atoms with E-state index in [4.69, 9.17) is 10.00 Å². The van der Waals surface area contributed by atoms with E-state index in [1.54, 1.807) is 53.4 Å². The number of carboxylic acids is 1. The van der Waals surface area contributed by atoms with Crippen LogP contribution in [0.3, 0.4) is 0 Å². The fourth-order valence-electron chi connectivity index (χ4n) is 4.34. The summed E-state index contributed by atoms with van der Waals surface area (Å²) in [5.74, 6) is 0.463. The van der Waals surface area contributed by atoms with Crippen molar-refractivity contribution < 1.29 is 19.4 Å². The summed E-state index contributed by atoms with van der Waals surface area (Å²) in [6.45, 7) is 0.747. The van der Waals surface area contributed by atoms with Crippen LogP contribution in [0.4, 0.5) is 10.5 Å². The van der Waals surface area contributed by atoms with Gasteiger partial charge in [0.05, 0.1) is 17.0 Å². The van der Waals surface area contributed by atoms with Gasteiger partial charge in [0.15, 0.2) is 0 Å². The molecule has 2 amide bonds. The predicted molar refractivity (Wildman–Crippen MR) is 106 cm³/mol. The summed E-state index contributed by atoms with van der Waals surface area (Å²) in [6, 6.07) is 15.5. The molecule has 7 nitrogen and oxygen atoms in total. The summed E-state index contributed by atoms with van der Waals surface area (Å²) in [6.07, 6.45) is 2.41. The van der Waals surface area contributed by atoms with Crippen molar-refractivity contribution >= 4 is 17.7 Å². The van der Waals surface area contributed by atoms with Crippen molar-refractivity contribution in [1.82, 2.24) is 4.90 Å². The number of hydrogen-bond donors (Lipinski definition) is 2. The number of benzene rings is 2. The SMILES string of the molecule is N#Cc1ccc(Oc2ccc(NC(=O)N3C[C@@H]4CCC[C@@]4(C(=O)O)C3)cc2)cc1. The normalized spacial score (nSPS) is 22.6. The van der Waals surface area contributed by atoms with Crippen molar-refractivity contribution in [3.8, 4) is 17.6 Å². The van der Waals surface area contributed by atoms with Crippen molar-refractivity contribution in [2.75, 3.05) is 18.4 Å². The zero-order valence-electron chi connectivity index (χ0n) is 15.8. The molecule has 0 aromatic heterocycles. The fraction of sp³-hybridized carbons (Fsp3) is 0.318. The van der Waals surface area contributed by atoms with Gasteiger partial charge in [0.2, 0.25) is 0 Å². The average Bonchev–Trinajstić information content (AvgIpc) is 3.29. The highest BCUT2D eigenvalue weighted by Gasteiger charge is 2.55. The van der Waals surface area contributed by atoms with E-state index < -0.39 is 11.4 Å². The molecular formula is C22H21N3O4. The maximum atomic E-state index is 12.6. The number of carbonyl (C=O) groups is 2. The summed E-state index contributed by atoms with van der Waals surface area (Å²) < 4.78 is 5.73. The largest absolute Gasteiger partial charge is 0.481 e. The Morgan fingerprint density at radius 1 is 1.14 bits per heavy atom. The van der Waals surface area contributed by atoms with Crippen LogP contribution in [0.2, 0.25) is 0 Å². The smallest absolute Gasteiger partial charge is 0.321 e. The number of urea groups is 1. The first-order chi connectivity index (χ1) is 14.0. The van der Waals surface area contributed by atoms with E-state index in [9.17, 15) is 14.7 Å². The highest BCUT2D eigenvalue weighted by atomic mass is 16.5. The molecule has 4 rings (SSSR count). The van der Waals surface area contributed by atoms with Crippen molar-refractivity contribution in [2.45, 2.75) is 19.3 Å². The summed E-state index contributed by atoms with van der Waals surface area (Å²) in [7, 11) is 0. The fourth-order valence-corrected chi connectivity index (χ4v) is 4.34. The van der Waals surface area contributed by atoms with E-state index in [-0.39, 0.29) is 18.5 Å². The molecular weight excluding hydrogens is 370 g/mol. The molecule has 1 saturated heterocycles. The van der Waals surface area contributed by atoms with Crippen LogP contribution in [0.1, 0.15) is 24.8 Å². The van der Waals surface area contributed by atoms with E-state index in [2.05, 4.69) is 11.4 Å². The number of anilines is 1. The van der Waals surface area contributed by atoms with Crippen LogP contribution in [0.25, 0.3) is 0 Å². The second-order valence-corrected chi connectivity index (χ2v) is 7.62. The first kappa shape index (κ1) is 18.8. The van der Waals surface area contributed by atoms with Crippen LogP contribution in [0.15, 0.2) is 48.5 Å². The Balaban J connectivity index is 1.37. The lowest BCUT2D eigenvalue weighted by atomic mass is 9.81. The molecule has 148 valence electrons. The van der Waals surface area contributed by atoms with E-state index in [0.29, 0.717) is 35.7 Å². The topological polar surface area (TPSA) is 103 Å². The molecule has 1 aliphatic heterocycles. The van der Waals surface area contributed by atoms with Gasteiger partial charge in [0.1, 0.15) is 11.5 Å². The number of hydrogen-bond acceptors (Lipinski definition) is 4. The molecule has 2 N–H and O–H groups in total. The molecule has 0 spiro atoms. The number of fused-ring (bicyclic) bond motifs is 1. The van der Waals surface area contributed by atoms with Gasteiger partial charge in [-0.3, -0.25) is 4.79 Å². The number of nitrogens with zero attached hydrogens (tertiary/aromatic N) is 2. The summed E-state index contributed by atoms with van der Waals surface area (Å²) in [5.41, 5.74) is 0.394. The third-order valence-electron chi connectivity index (χ3n) is 5.91. The third kappa shape index (κ3) is 3.61. The molecule has 1 heterocycles. The predicted octanol–water partition coefficient (Wildman–Crippen LogP) is 4.07.